The molecule has 0 bridgehead atoms. The minimum absolute atomic E-state index is 0.0136. The van der Waals surface area contributed by atoms with E-state index in [1.54, 1.807) is 13.1 Å². The molecule has 9 nitrogen and oxygen atoms in total. The van der Waals surface area contributed by atoms with Crippen molar-refractivity contribution in [2.75, 3.05) is 41.5 Å². The van der Waals surface area contributed by atoms with Gasteiger partial charge in [0.1, 0.15) is 12.4 Å². The first-order valence-corrected chi connectivity index (χ1v) is 12.9. The van der Waals surface area contributed by atoms with Crippen molar-refractivity contribution in [2.45, 2.75) is 17.7 Å². The number of ether oxygens (including phenoxy) is 1. The number of anilines is 2. The van der Waals surface area contributed by atoms with Crippen molar-refractivity contribution < 1.29 is 26.4 Å². The average molecular weight is 466 g/mol. The number of sulfonamides is 2. The molecule has 0 spiro atoms. The minimum Gasteiger partial charge on any atom is -0.491 e. The lowest BCUT2D eigenvalue weighted by Crippen LogP contribution is -2.37. The Kier molecular flexibility index (Phi) is 5.56. The Morgan fingerprint density at radius 1 is 1.03 bits per heavy atom. The summed E-state index contributed by atoms with van der Waals surface area (Å²) in [6.45, 7) is 1.18. The normalized spacial score (nSPS) is 18.7. The van der Waals surface area contributed by atoms with Crippen LogP contribution in [0.3, 0.4) is 0 Å². The molecule has 2 aliphatic heterocycles. The summed E-state index contributed by atoms with van der Waals surface area (Å²) in [5.41, 5.74) is 0.953. The number of carbonyl (C=O) groups excluding carboxylic acids is 1. The van der Waals surface area contributed by atoms with Crippen molar-refractivity contribution in [1.82, 2.24) is 4.90 Å². The highest BCUT2D eigenvalue weighted by Crippen LogP contribution is 2.29. The maximum Gasteiger partial charge on any atom is 0.261 e. The number of benzene rings is 2. The monoisotopic (exact) mass is 465 g/mol. The van der Waals surface area contributed by atoms with Crippen LogP contribution in [-0.4, -0.2) is 60.1 Å². The maximum absolute atomic E-state index is 12.8. The fraction of sp³-hybridized carbons (Fsp3) is 0.350. The molecule has 11 heteroatoms. The zero-order valence-electron chi connectivity index (χ0n) is 16.9. The van der Waals surface area contributed by atoms with Crippen LogP contribution in [0.25, 0.3) is 0 Å². The maximum atomic E-state index is 12.8. The Bertz CT molecular complexity index is 1210. The van der Waals surface area contributed by atoms with Crippen LogP contribution < -0.4 is 13.8 Å². The van der Waals surface area contributed by atoms with E-state index in [-0.39, 0.29) is 27.8 Å². The predicted molar refractivity (Wildman–Crippen MR) is 117 cm³/mol. The largest absolute Gasteiger partial charge is 0.491 e. The number of hydrogen-bond donors (Lipinski definition) is 1. The lowest BCUT2D eigenvalue weighted by atomic mass is 10.1. The molecule has 166 valence electrons. The topological polar surface area (TPSA) is 113 Å². The lowest BCUT2D eigenvalue weighted by Gasteiger charge is -2.28. The van der Waals surface area contributed by atoms with E-state index in [1.165, 1.54) is 45.6 Å². The Balaban J connectivity index is 1.57. The summed E-state index contributed by atoms with van der Waals surface area (Å²) < 4.78 is 59.5. The van der Waals surface area contributed by atoms with Crippen molar-refractivity contribution in [3.8, 4) is 5.75 Å². The van der Waals surface area contributed by atoms with Crippen LogP contribution in [0, 0.1) is 0 Å². The van der Waals surface area contributed by atoms with Gasteiger partial charge in [-0.1, -0.05) is 0 Å². The van der Waals surface area contributed by atoms with E-state index >= 15 is 0 Å². The number of nitrogens with zero attached hydrogens (tertiary/aromatic N) is 2. The van der Waals surface area contributed by atoms with Gasteiger partial charge in [0.25, 0.3) is 15.9 Å². The molecule has 2 aromatic carbocycles. The molecule has 1 saturated heterocycles. The van der Waals surface area contributed by atoms with Crippen LogP contribution in [0.15, 0.2) is 47.4 Å². The summed E-state index contributed by atoms with van der Waals surface area (Å²) in [5.74, 6) is 0.245. The molecule has 0 atom stereocenters. The second kappa shape index (κ2) is 8.04. The fourth-order valence-corrected chi connectivity index (χ4v) is 6.26. The highest BCUT2D eigenvalue weighted by Gasteiger charge is 2.27. The summed E-state index contributed by atoms with van der Waals surface area (Å²) in [6, 6.07) is 10.3. The van der Waals surface area contributed by atoms with Gasteiger partial charge in [0.2, 0.25) is 10.0 Å². The van der Waals surface area contributed by atoms with Gasteiger partial charge in [-0.2, -0.15) is 0 Å². The zero-order chi connectivity index (χ0) is 22.2. The number of rotatable bonds is 4. The molecule has 2 aromatic rings. The number of carbonyl (C=O) groups is 1. The molecule has 0 aliphatic carbocycles. The van der Waals surface area contributed by atoms with Gasteiger partial charge in [-0.05, 0) is 55.3 Å². The molecule has 1 fully saturated rings. The smallest absolute Gasteiger partial charge is 0.261 e. The number of likely N-dealkylation sites (N-methyl/N-ethyl adjacent to an activating group) is 1. The summed E-state index contributed by atoms with van der Waals surface area (Å²) >= 11 is 0. The van der Waals surface area contributed by atoms with Gasteiger partial charge < -0.3 is 9.64 Å². The average Bonchev–Trinajstić information content (AvgIpc) is 2.86. The van der Waals surface area contributed by atoms with Crippen molar-refractivity contribution in [2.24, 2.45) is 0 Å². The Morgan fingerprint density at radius 2 is 1.77 bits per heavy atom. The van der Waals surface area contributed by atoms with E-state index in [1.807, 2.05) is 0 Å². The van der Waals surface area contributed by atoms with Crippen molar-refractivity contribution in [1.29, 1.82) is 0 Å². The molecule has 2 heterocycles. The molecule has 1 amide bonds. The van der Waals surface area contributed by atoms with Gasteiger partial charge in [0.15, 0.2) is 0 Å². The fourth-order valence-electron chi connectivity index (χ4n) is 3.57. The van der Waals surface area contributed by atoms with E-state index in [0.29, 0.717) is 37.6 Å². The quantitative estimate of drug-likeness (QED) is 0.738. The third-order valence-electron chi connectivity index (χ3n) is 5.28. The molecule has 0 saturated carbocycles. The van der Waals surface area contributed by atoms with Crippen LogP contribution in [0.4, 0.5) is 11.4 Å². The first-order chi connectivity index (χ1) is 14.7. The molecular weight excluding hydrogens is 442 g/mol. The van der Waals surface area contributed by atoms with Crippen LogP contribution >= 0.6 is 0 Å². The van der Waals surface area contributed by atoms with E-state index in [4.69, 9.17) is 4.74 Å². The molecule has 2 aliphatic rings. The molecule has 1 N–H and O–H groups in total. The highest BCUT2D eigenvalue weighted by atomic mass is 32.2. The Morgan fingerprint density at radius 3 is 2.48 bits per heavy atom. The van der Waals surface area contributed by atoms with Gasteiger partial charge in [-0.15, -0.1) is 0 Å². The standard InChI is InChI=1S/C20H23N3O6S2/c1-22-11-12-29-19-9-4-15(14-18(19)20(22)24)21-31(27,28)17-7-5-16(6-8-17)23-10-2-3-13-30(23,25)26/h4-9,14,21H,2-3,10-13H2,1H3. The van der Waals surface area contributed by atoms with Crippen LogP contribution in [0.1, 0.15) is 23.2 Å². The third-order valence-corrected chi connectivity index (χ3v) is 8.54. The van der Waals surface area contributed by atoms with E-state index < -0.39 is 20.0 Å². The van der Waals surface area contributed by atoms with E-state index in [2.05, 4.69) is 4.72 Å². The molecule has 0 radical (unpaired) electrons. The molecule has 4 rings (SSSR count). The Labute approximate surface area is 181 Å². The highest BCUT2D eigenvalue weighted by molar-refractivity contribution is 7.93. The van der Waals surface area contributed by atoms with Crippen molar-refractivity contribution >= 4 is 37.3 Å². The summed E-state index contributed by atoms with van der Waals surface area (Å²) in [5, 5.41) is 0. The van der Waals surface area contributed by atoms with Gasteiger partial charge >= 0.3 is 0 Å². The number of fused-ring (bicyclic) bond motifs is 1. The first kappa shape index (κ1) is 21.4. The van der Waals surface area contributed by atoms with Crippen molar-refractivity contribution in [3.63, 3.8) is 0 Å². The predicted octanol–water partition coefficient (Wildman–Crippen LogP) is 1.88. The summed E-state index contributed by atoms with van der Waals surface area (Å²) in [6.07, 6.45) is 1.39. The lowest BCUT2D eigenvalue weighted by molar-refractivity contribution is 0.0796. The van der Waals surface area contributed by atoms with E-state index in [0.717, 1.165) is 6.42 Å². The third kappa shape index (κ3) is 4.33. The van der Waals surface area contributed by atoms with Crippen molar-refractivity contribution in [3.05, 3.63) is 48.0 Å². The van der Waals surface area contributed by atoms with Gasteiger partial charge in [-0.25, -0.2) is 16.8 Å². The van der Waals surface area contributed by atoms with E-state index in [9.17, 15) is 21.6 Å². The summed E-state index contributed by atoms with van der Waals surface area (Å²) in [7, 11) is -5.66. The Hall–Kier alpha value is -2.79. The second-order valence-electron chi connectivity index (χ2n) is 7.48. The van der Waals surface area contributed by atoms with Crippen LogP contribution in [-0.2, 0) is 20.0 Å². The SMILES string of the molecule is CN1CCOc2ccc(NS(=O)(=O)c3ccc(N4CCCCS4(=O)=O)cc3)cc2C1=O. The molecule has 31 heavy (non-hydrogen) atoms. The van der Waals surface area contributed by atoms with Gasteiger partial charge in [0, 0.05) is 19.3 Å². The summed E-state index contributed by atoms with van der Waals surface area (Å²) in [4.78, 5) is 14.0. The minimum atomic E-state index is -3.94. The molecular formula is C20H23N3O6S2. The van der Waals surface area contributed by atoms with Gasteiger partial charge in [-0.3, -0.25) is 13.8 Å². The number of amides is 1. The van der Waals surface area contributed by atoms with Gasteiger partial charge in [0.05, 0.1) is 28.4 Å². The van der Waals surface area contributed by atoms with Crippen LogP contribution in [0.2, 0.25) is 0 Å². The zero-order valence-corrected chi connectivity index (χ0v) is 18.6. The molecule has 0 aromatic heterocycles. The second-order valence-corrected chi connectivity index (χ2v) is 11.2. The molecule has 0 unspecified atom stereocenters. The van der Waals surface area contributed by atoms with Crippen LogP contribution in [0.5, 0.6) is 5.75 Å². The first-order valence-electron chi connectivity index (χ1n) is 9.83. The number of nitrogens with one attached hydrogen (secondary N) is 1. The number of hydrogen-bond acceptors (Lipinski definition) is 6.